The van der Waals surface area contributed by atoms with E-state index in [1.54, 1.807) is 48.5 Å². The van der Waals surface area contributed by atoms with Crippen LogP contribution in [0.2, 0.25) is 5.02 Å². The number of aryl methyl sites for hydroxylation is 1. The van der Waals surface area contributed by atoms with Crippen molar-refractivity contribution < 1.29 is 17.9 Å². The van der Waals surface area contributed by atoms with Gasteiger partial charge in [0.2, 0.25) is 0 Å². The molecule has 0 spiro atoms. The molecule has 0 saturated carbocycles. The minimum absolute atomic E-state index is 0.0231. The van der Waals surface area contributed by atoms with Gasteiger partial charge in [-0.3, -0.25) is 0 Å². The third-order valence-electron chi connectivity index (χ3n) is 4.87. The maximum Gasteiger partial charge on any atom is 0.335 e. The molecule has 0 aromatic heterocycles. The summed E-state index contributed by atoms with van der Waals surface area (Å²) in [7, 11) is -2.99. The van der Waals surface area contributed by atoms with Gasteiger partial charge in [0.05, 0.1) is 23.8 Å². The number of halogens is 1. The highest BCUT2D eigenvalue weighted by atomic mass is 35.5. The van der Waals surface area contributed by atoms with E-state index in [9.17, 15) is 13.2 Å². The summed E-state index contributed by atoms with van der Waals surface area (Å²) >= 11 is 6.03. The second kappa shape index (κ2) is 10.5. The summed E-state index contributed by atoms with van der Waals surface area (Å²) in [5.74, 6) is -0.756. The minimum atomic E-state index is -4.20. The third kappa shape index (κ3) is 5.69. The predicted octanol–water partition coefficient (Wildman–Crippen LogP) is 5.14. The number of rotatable bonds is 8. The molecule has 0 aliphatic heterocycles. The molecule has 0 amide bonds. The zero-order chi connectivity index (χ0) is 24.0. The predicted molar refractivity (Wildman–Crippen MR) is 130 cm³/mol. The molecular formula is C25H23ClN2O4S. The Morgan fingerprint density at radius 3 is 2.21 bits per heavy atom. The second-order valence-corrected chi connectivity index (χ2v) is 9.45. The van der Waals surface area contributed by atoms with Crippen LogP contribution in [0.4, 0.5) is 0 Å². The van der Waals surface area contributed by atoms with Crippen LogP contribution in [0, 0.1) is 6.92 Å². The van der Waals surface area contributed by atoms with Crippen LogP contribution >= 0.6 is 11.6 Å². The zero-order valence-electron chi connectivity index (χ0n) is 18.2. The molecule has 3 aromatic rings. The molecule has 0 N–H and O–H groups in total. The van der Waals surface area contributed by atoms with E-state index in [-0.39, 0.29) is 10.5 Å². The number of esters is 1. The quantitative estimate of drug-likeness (QED) is 0.193. The van der Waals surface area contributed by atoms with Gasteiger partial charge < -0.3 is 4.74 Å². The number of hydrogen-bond donors (Lipinski definition) is 0. The van der Waals surface area contributed by atoms with Gasteiger partial charge in [0.1, 0.15) is 6.04 Å². The van der Waals surface area contributed by atoms with Gasteiger partial charge in [-0.05, 0) is 42.3 Å². The topological polar surface area (TPSA) is 76.0 Å². The maximum atomic E-state index is 13.8. The van der Waals surface area contributed by atoms with Crippen molar-refractivity contribution in [1.82, 2.24) is 4.41 Å². The molecule has 0 aliphatic carbocycles. The number of carbonyl (C=O) groups excluding carboxylic acids is 1. The summed E-state index contributed by atoms with van der Waals surface area (Å²) in [5.41, 5.74) is 1.94. The number of nitrogens with zero attached hydrogens (tertiary/aromatic N) is 2. The van der Waals surface area contributed by atoms with Crippen LogP contribution in [0.5, 0.6) is 0 Å². The Hall–Kier alpha value is -3.42. The molecule has 3 aromatic carbocycles. The Labute approximate surface area is 198 Å². The Morgan fingerprint density at radius 1 is 1.03 bits per heavy atom. The highest BCUT2D eigenvalue weighted by molar-refractivity contribution is 7.89. The smallest absolute Gasteiger partial charge is 0.335 e. The van der Waals surface area contributed by atoms with Gasteiger partial charge in [-0.2, -0.15) is 17.9 Å². The first kappa shape index (κ1) is 24.2. The molecule has 0 unspecified atom stereocenters. The summed E-state index contributed by atoms with van der Waals surface area (Å²) in [6.07, 6.45) is 1.42. The van der Waals surface area contributed by atoms with E-state index in [2.05, 4.69) is 11.7 Å². The van der Waals surface area contributed by atoms with E-state index in [1.165, 1.54) is 25.5 Å². The molecule has 0 aliphatic rings. The number of sulfonamides is 1. The lowest BCUT2D eigenvalue weighted by molar-refractivity contribution is -0.136. The molecule has 0 heterocycles. The molecule has 0 bridgehead atoms. The van der Waals surface area contributed by atoms with Crippen molar-refractivity contribution in [2.45, 2.75) is 17.9 Å². The SMILES string of the molecule is C=C(C(=O)OC)[C@H](c1ccc(Cl)cc1)N(/N=C/c1ccccc1)S(=O)(=O)c1ccc(C)cc1. The Bertz CT molecular complexity index is 1260. The van der Waals surface area contributed by atoms with E-state index in [0.29, 0.717) is 16.1 Å². The van der Waals surface area contributed by atoms with Crippen LogP contribution in [0.15, 0.2) is 101 Å². The first-order valence-corrected chi connectivity index (χ1v) is 11.8. The van der Waals surface area contributed by atoms with Crippen LogP contribution < -0.4 is 0 Å². The standard InChI is InChI=1S/C25H23ClN2O4S/c1-18-9-15-23(16-10-18)33(30,31)28(27-17-20-7-5-4-6-8-20)24(19(2)25(29)32-3)21-11-13-22(26)14-12-21/h4-17,24H,2H2,1,3H3/b27-17+/t24-/m1/s1. The van der Waals surface area contributed by atoms with Gasteiger partial charge in [-0.25, -0.2) is 4.79 Å². The first-order chi connectivity index (χ1) is 15.7. The molecule has 1 atom stereocenters. The Balaban J connectivity index is 2.21. The third-order valence-corrected chi connectivity index (χ3v) is 6.79. The van der Waals surface area contributed by atoms with Gasteiger partial charge in [0, 0.05) is 5.02 Å². The van der Waals surface area contributed by atoms with Gasteiger partial charge in [-0.1, -0.05) is 78.3 Å². The minimum Gasteiger partial charge on any atom is -0.466 e. The lowest BCUT2D eigenvalue weighted by atomic mass is 10.0. The molecule has 170 valence electrons. The highest BCUT2D eigenvalue weighted by Gasteiger charge is 2.36. The van der Waals surface area contributed by atoms with Crippen molar-refractivity contribution in [3.8, 4) is 0 Å². The summed E-state index contributed by atoms with van der Waals surface area (Å²) < 4.78 is 33.2. The summed E-state index contributed by atoms with van der Waals surface area (Å²) in [6.45, 7) is 5.69. The molecule has 0 fully saturated rings. The first-order valence-electron chi connectivity index (χ1n) is 9.96. The monoisotopic (exact) mass is 482 g/mol. The van der Waals surface area contributed by atoms with Crippen LogP contribution in [-0.4, -0.2) is 32.1 Å². The Morgan fingerprint density at radius 2 is 1.64 bits per heavy atom. The van der Waals surface area contributed by atoms with Crippen molar-refractivity contribution in [3.63, 3.8) is 0 Å². The van der Waals surface area contributed by atoms with Gasteiger partial charge >= 0.3 is 5.97 Å². The molecule has 8 heteroatoms. The molecular weight excluding hydrogens is 460 g/mol. The maximum absolute atomic E-state index is 13.8. The van der Waals surface area contributed by atoms with Crippen LogP contribution in [0.25, 0.3) is 0 Å². The largest absolute Gasteiger partial charge is 0.466 e. The van der Waals surface area contributed by atoms with E-state index in [4.69, 9.17) is 16.3 Å². The van der Waals surface area contributed by atoms with E-state index in [0.717, 1.165) is 9.98 Å². The molecule has 0 radical (unpaired) electrons. The number of hydrogen-bond acceptors (Lipinski definition) is 5. The fourth-order valence-electron chi connectivity index (χ4n) is 3.10. The molecule has 3 rings (SSSR count). The lowest BCUT2D eigenvalue weighted by Gasteiger charge is -2.29. The van der Waals surface area contributed by atoms with E-state index >= 15 is 0 Å². The highest BCUT2D eigenvalue weighted by Crippen LogP contribution is 2.34. The van der Waals surface area contributed by atoms with Crippen molar-refractivity contribution >= 4 is 33.8 Å². The van der Waals surface area contributed by atoms with Crippen molar-refractivity contribution in [1.29, 1.82) is 0 Å². The summed E-state index contributed by atoms with van der Waals surface area (Å²) in [6, 6.07) is 20.7. The average Bonchev–Trinajstić information content (AvgIpc) is 2.82. The summed E-state index contributed by atoms with van der Waals surface area (Å²) in [4.78, 5) is 12.5. The fraction of sp³-hybridized carbons (Fsp3) is 0.120. The molecule has 33 heavy (non-hydrogen) atoms. The number of ether oxygens (including phenoxy) is 1. The lowest BCUT2D eigenvalue weighted by Crippen LogP contribution is -2.34. The zero-order valence-corrected chi connectivity index (χ0v) is 19.8. The van der Waals surface area contributed by atoms with Crippen molar-refractivity contribution in [2.24, 2.45) is 5.10 Å². The normalized spacial score (nSPS) is 12.3. The van der Waals surface area contributed by atoms with Gasteiger partial charge in [0.15, 0.2) is 0 Å². The van der Waals surface area contributed by atoms with Crippen LogP contribution in [-0.2, 0) is 19.6 Å². The number of methoxy groups -OCH3 is 1. The fourth-order valence-corrected chi connectivity index (χ4v) is 4.62. The number of benzene rings is 3. The van der Waals surface area contributed by atoms with Crippen LogP contribution in [0.1, 0.15) is 22.7 Å². The number of hydrazone groups is 1. The van der Waals surface area contributed by atoms with E-state index < -0.39 is 22.0 Å². The summed E-state index contributed by atoms with van der Waals surface area (Å²) in [5, 5.41) is 4.78. The van der Waals surface area contributed by atoms with E-state index in [1.807, 2.05) is 25.1 Å². The number of carbonyl (C=O) groups is 1. The Kier molecular flexibility index (Phi) is 7.68. The van der Waals surface area contributed by atoms with Gasteiger partial charge in [0.25, 0.3) is 10.0 Å². The van der Waals surface area contributed by atoms with Crippen molar-refractivity contribution in [2.75, 3.05) is 7.11 Å². The van der Waals surface area contributed by atoms with Crippen molar-refractivity contribution in [3.05, 3.63) is 113 Å². The average molecular weight is 483 g/mol. The second-order valence-electron chi connectivity index (χ2n) is 7.22. The molecule has 6 nitrogen and oxygen atoms in total. The van der Waals surface area contributed by atoms with Crippen LogP contribution in [0.3, 0.4) is 0 Å². The molecule has 0 saturated heterocycles. The van der Waals surface area contributed by atoms with Gasteiger partial charge in [-0.15, -0.1) is 0 Å².